The number of carbonyl (C=O) groups excluding carboxylic acids is 1. The number of likely N-dealkylation sites (tertiary alicyclic amines) is 1. The van der Waals surface area contributed by atoms with Gasteiger partial charge >= 0.3 is 0 Å². The molecule has 3 nitrogen and oxygen atoms in total. The van der Waals surface area contributed by atoms with Gasteiger partial charge in [0.15, 0.2) is 0 Å². The average molecular weight is 351 g/mol. The first-order valence-corrected chi connectivity index (χ1v) is 9.24. The van der Waals surface area contributed by atoms with Gasteiger partial charge in [0.05, 0.1) is 0 Å². The Morgan fingerprint density at radius 3 is 2.17 bits per heavy atom. The van der Waals surface area contributed by atoms with Gasteiger partial charge in [0.1, 0.15) is 0 Å². The number of halogens is 1. The van der Waals surface area contributed by atoms with Crippen LogP contribution in [0.2, 0.25) is 0 Å². The fraction of sp³-hybridized carbons (Fsp3) is 0.650. The lowest BCUT2D eigenvalue weighted by molar-refractivity contribution is -0.138. The van der Waals surface area contributed by atoms with E-state index in [9.17, 15) is 4.79 Å². The fourth-order valence-corrected chi connectivity index (χ4v) is 4.30. The van der Waals surface area contributed by atoms with Crippen molar-refractivity contribution in [1.82, 2.24) is 4.90 Å². The standard InChI is InChI=1S/C20H30N2O.ClH/c1-15(21)16-11-13-22(14-12-16)20(23)19-9-7-18(8-10-19)17-5-3-2-4-6-17;/h2-6,15-16,18-19H,7-14,21H2,1H3;1H. The fourth-order valence-electron chi connectivity index (χ4n) is 4.30. The van der Waals surface area contributed by atoms with E-state index < -0.39 is 0 Å². The maximum absolute atomic E-state index is 12.8. The maximum atomic E-state index is 12.8. The molecule has 24 heavy (non-hydrogen) atoms. The van der Waals surface area contributed by atoms with Crippen LogP contribution in [-0.4, -0.2) is 29.9 Å². The summed E-state index contributed by atoms with van der Waals surface area (Å²) in [6, 6.07) is 11.0. The first-order chi connectivity index (χ1) is 11.1. The Morgan fingerprint density at radius 2 is 1.62 bits per heavy atom. The van der Waals surface area contributed by atoms with Gasteiger partial charge in [-0.05, 0) is 62.8 Å². The molecule has 3 rings (SSSR count). The lowest BCUT2D eigenvalue weighted by Gasteiger charge is -2.37. The molecule has 2 aliphatic rings. The Bertz CT molecular complexity index is 504. The molecule has 1 aliphatic carbocycles. The molecule has 1 amide bonds. The molecule has 2 fully saturated rings. The highest BCUT2D eigenvalue weighted by molar-refractivity contribution is 5.85. The third kappa shape index (κ3) is 4.52. The van der Waals surface area contributed by atoms with E-state index in [1.54, 1.807) is 0 Å². The van der Waals surface area contributed by atoms with Crippen LogP contribution in [0, 0.1) is 11.8 Å². The lowest BCUT2D eigenvalue weighted by atomic mass is 9.78. The van der Waals surface area contributed by atoms with Crippen molar-refractivity contribution in [1.29, 1.82) is 0 Å². The van der Waals surface area contributed by atoms with Crippen molar-refractivity contribution in [2.75, 3.05) is 13.1 Å². The molecule has 1 atom stereocenters. The second-order valence-electron chi connectivity index (χ2n) is 7.48. The summed E-state index contributed by atoms with van der Waals surface area (Å²) in [5.41, 5.74) is 7.44. The minimum atomic E-state index is 0. The van der Waals surface area contributed by atoms with Crippen molar-refractivity contribution in [3.8, 4) is 0 Å². The van der Waals surface area contributed by atoms with E-state index in [1.807, 2.05) is 0 Å². The highest BCUT2D eigenvalue weighted by Crippen LogP contribution is 2.36. The first kappa shape index (κ1) is 19.3. The summed E-state index contributed by atoms with van der Waals surface area (Å²) in [6.45, 7) is 3.90. The molecular weight excluding hydrogens is 320 g/mol. The summed E-state index contributed by atoms with van der Waals surface area (Å²) < 4.78 is 0. The van der Waals surface area contributed by atoms with Crippen molar-refractivity contribution >= 4 is 18.3 Å². The van der Waals surface area contributed by atoms with E-state index in [-0.39, 0.29) is 24.4 Å². The van der Waals surface area contributed by atoms with Crippen molar-refractivity contribution in [3.05, 3.63) is 35.9 Å². The zero-order chi connectivity index (χ0) is 16.2. The topological polar surface area (TPSA) is 46.3 Å². The van der Waals surface area contributed by atoms with Crippen LogP contribution >= 0.6 is 12.4 Å². The predicted molar refractivity (Wildman–Crippen MR) is 101 cm³/mol. The second-order valence-corrected chi connectivity index (χ2v) is 7.48. The molecule has 0 aromatic heterocycles. The van der Waals surface area contributed by atoms with Gasteiger partial charge in [-0.15, -0.1) is 12.4 Å². The number of amides is 1. The van der Waals surface area contributed by atoms with E-state index >= 15 is 0 Å². The Hall–Kier alpha value is -1.06. The molecular formula is C20H31ClN2O. The zero-order valence-electron chi connectivity index (χ0n) is 14.7. The van der Waals surface area contributed by atoms with Gasteiger partial charge in [-0.3, -0.25) is 4.79 Å². The summed E-state index contributed by atoms with van der Waals surface area (Å²) in [4.78, 5) is 14.9. The molecule has 1 aromatic carbocycles. The Labute approximate surface area is 152 Å². The Kier molecular flexibility index (Phi) is 7.12. The number of piperidine rings is 1. The number of hydrogen-bond acceptors (Lipinski definition) is 2. The van der Waals surface area contributed by atoms with Gasteiger partial charge in [-0.1, -0.05) is 30.3 Å². The average Bonchev–Trinajstić information content (AvgIpc) is 2.62. The second kappa shape index (κ2) is 8.87. The maximum Gasteiger partial charge on any atom is 0.225 e. The Morgan fingerprint density at radius 1 is 1.04 bits per heavy atom. The number of benzene rings is 1. The highest BCUT2D eigenvalue weighted by Gasteiger charge is 2.32. The monoisotopic (exact) mass is 350 g/mol. The lowest BCUT2D eigenvalue weighted by Crippen LogP contribution is -2.45. The van der Waals surface area contributed by atoms with Gasteiger partial charge in [-0.2, -0.15) is 0 Å². The molecule has 4 heteroatoms. The first-order valence-electron chi connectivity index (χ1n) is 9.24. The van der Waals surface area contributed by atoms with Crippen LogP contribution in [0.5, 0.6) is 0 Å². The SMILES string of the molecule is CC(N)C1CCN(C(=O)C2CCC(c3ccccc3)CC2)CC1.Cl. The number of nitrogens with zero attached hydrogens (tertiary/aromatic N) is 1. The predicted octanol–water partition coefficient (Wildman–Crippen LogP) is 3.97. The van der Waals surface area contributed by atoms with Crippen LogP contribution in [0.25, 0.3) is 0 Å². The molecule has 1 saturated carbocycles. The normalized spacial score (nSPS) is 26.5. The third-order valence-electron chi connectivity index (χ3n) is 5.94. The van der Waals surface area contributed by atoms with Crippen LogP contribution < -0.4 is 5.73 Å². The van der Waals surface area contributed by atoms with Crippen molar-refractivity contribution < 1.29 is 4.79 Å². The highest BCUT2D eigenvalue weighted by atomic mass is 35.5. The quantitative estimate of drug-likeness (QED) is 0.896. The zero-order valence-corrected chi connectivity index (χ0v) is 15.5. The molecule has 1 heterocycles. The minimum Gasteiger partial charge on any atom is -0.342 e. The van der Waals surface area contributed by atoms with E-state index in [0.717, 1.165) is 51.6 Å². The third-order valence-corrected chi connectivity index (χ3v) is 5.94. The molecule has 1 aromatic rings. The van der Waals surface area contributed by atoms with E-state index in [0.29, 0.717) is 17.7 Å². The molecule has 1 saturated heterocycles. The molecule has 1 unspecified atom stereocenters. The van der Waals surface area contributed by atoms with Crippen LogP contribution in [0.1, 0.15) is 56.9 Å². The van der Waals surface area contributed by atoms with Gasteiger partial charge in [0, 0.05) is 25.0 Å². The smallest absolute Gasteiger partial charge is 0.225 e. The van der Waals surface area contributed by atoms with Crippen molar-refractivity contribution in [3.63, 3.8) is 0 Å². The van der Waals surface area contributed by atoms with E-state index in [2.05, 4.69) is 42.2 Å². The number of rotatable bonds is 3. The van der Waals surface area contributed by atoms with E-state index in [1.165, 1.54) is 5.56 Å². The summed E-state index contributed by atoms with van der Waals surface area (Å²) in [6.07, 6.45) is 6.54. The summed E-state index contributed by atoms with van der Waals surface area (Å²) in [5.74, 6) is 1.89. The number of nitrogens with two attached hydrogens (primary N) is 1. The van der Waals surface area contributed by atoms with Crippen LogP contribution in [-0.2, 0) is 4.79 Å². The van der Waals surface area contributed by atoms with Crippen LogP contribution in [0.3, 0.4) is 0 Å². The number of carbonyl (C=O) groups is 1. The van der Waals surface area contributed by atoms with Crippen LogP contribution in [0.4, 0.5) is 0 Å². The summed E-state index contributed by atoms with van der Waals surface area (Å²) >= 11 is 0. The van der Waals surface area contributed by atoms with Gasteiger partial charge in [0.2, 0.25) is 5.91 Å². The largest absolute Gasteiger partial charge is 0.342 e. The molecule has 134 valence electrons. The molecule has 1 aliphatic heterocycles. The summed E-state index contributed by atoms with van der Waals surface area (Å²) in [5, 5.41) is 0. The Balaban J connectivity index is 0.00000208. The van der Waals surface area contributed by atoms with E-state index in [4.69, 9.17) is 5.73 Å². The van der Waals surface area contributed by atoms with Gasteiger partial charge < -0.3 is 10.6 Å². The van der Waals surface area contributed by atoms with Gasteiger partial charge in [0.25, 0.3) is 0 Å². The molecule has 2 N–H and O–H groups in total. The molecule has 0 spiro atoms. The van der Waals surface area contributed by atoms with Gasteiger partial charge in [-0.25, -0.2) is 0 Å². The van der Waals surface area contributed by atoms with Crippen molar-refractivity contribution in [2.24, 2.45) is 17.6 Å². The van der Waals surface area contributed by atoms with Crippen LogP contribution in [0.15, 0.2) is 30.3 Å². The number of hydrogen-bond donors (Lipinski definition) is 1. The van der Waals surface area contributed by atoms with Crippen molar-refractivity contribution in [2.45, 2.75) is 57.4 Å². The molecule has 0 radical (unpaired) electrons. The summed E-state index contributed by atoms with van der Waals surface area (Å²) in [7, 11) is 0. The molecule has 0 bridgehead atoms. The minimum absolute atomic E-state index is 0.